The van der Waals surface area contributed by atoms with E-state index in [4.69, 9.17) is 26.8 Å². The second-order valence-electron chi connectivity index (χ2n) is 6.41. The second-order valence-corrected chi connectivity index (χ2v) is 6.80. The summed E-state index contributed by atoms with van der Waals surface area (Å²) < 4.78 is 10.6. The van der Waals surface area contributed by atoms with Gasteiger partial charge in [0.15, 0.2) is 5.11 Å². The molecule has 0 aliphatic heterocycles. The number of hydrogen-bond acceptors (Lipinski definition) is 5. The Hall–Kier alpha value is -2.90. The number of ether oxygens (including phenoxy) is 2. The zero-order valence-corrected chi connectivity index (χ0v) is 18.2. The maximum Gasteiger partial charge on any atom is 0.250 e. The van der Waals surface area contributed by atoms with Crippen molar-refractivity contribution < 1.29 is 19.4 Å². The van der Waals surface area contributed by atoms with Crippen molar-refractivity contribution in [2.24, 2.45) is 0 Å². The molecule has 0 aliphatic carbocycles. The summed E-state index contributed by atoms with van der Waals surface area (Å²) in [5.41, 5.74) is 1.73. The quantitative estimate of drug-likeness (QED) is 0.341. The van der Waals surface area contributed by atoms with Gasteiger partial charge in [0.1, 0.15) is 11.5 Å². The molecule has 2 aromatic rings. The van der Waals surface area contributed by atoms with Crippen LogP contribution in [0.15, 0.2) is 54.6 Å². The third kappa shape index (κ3) is 7.50. The van der Waals surface area contributed by atoms with Gasteiger partial charge in [0.25, 0.3) is 0 Å². The Labute approximate surface area is 183 Å². The number of aliphatic hydroxyl groups excluding tert-OH is 1. The summed E-state index contributed by atoms with van der Waals surface area (Å²) in [6.45, 7) is 3.21. The van der Waals surface area contributed by atoms with Crippen LogP contribution < -0.4 is 19.7 Å². The molecule has 0 atom stereocenters. The van der Waals surface area contributed by atoms with Crippen LogP contribution in [0.2, 0.25) is 0 Å². The lowest BCUT2D eigenvalue weighted by atomic mass is 10.2. The number of anilines is 1. The molecular weight excluding hydrogens is 400 g/mol. The first-order chi connectivity index (χ1) is 14.6. The lowest BCUT2D eigenvalue weighted by Gasteiger charge is -2.25. The van der Waals surface area contributed by atoms with Gasteiger partial charge < -0.3 is 19.5 Å². The van der Waals surface area contributed by atoms with Crippen LogP contribution in [-0.4, -0.2) is 43.0 Å². The third-order valence-corrected chi connectivity index (χ3v) is 4.59. The Bertz CT molecular complexity index is 835. The number of carbonyl (C=O) groups is 1. The van der Waals surface area contributed by atoms with Gasteiger partial charge in [-0.05, 0) is 80.0 Å². The first kappa shape index (κ1) is 23.4. The number of nitrogens with zero attached hydrogens (tertiary/aromatic N) is 1. The van der Waals surface area contributed by atoms with E-state index in [0.29, 0.717) is 24.7 Å². The highest BCUT2D eigenvalue weighted by molar-refractivity contribution is 7.80. The van der Waals surface area contributed by atoms with Gasteiger partial charge in [-0.15, -0.1) is 0 Å². The SMILES string of the molecule is CCOc1ccc(N(CCCCO)C(=S)NC(=O)C=Cc2ccc(OC)cc2)cc1. The molecule has 160 valence electrons. The van der Waals surface area contributed by atoms with Crippen molar-refractivity contribution in [2.45, 2.75) is 19.8 Å². The first-order valence-electron chi connectivity index (χ1n) is 9.85. The molecule has 0 fully saturated rings. The highest BCUT2D eigenvalue weighted by Crippen LogP contribution is 2.20. The summed E-state index contributed by atoms with van der Waals surface area (Å²) in [5.74, 6) is 1.22. The van der Waals surface area contributed by atoms with Crippen LogP contribution in [0.5, 0.6) is 11.5 Å². The zero-order chi connectivity index (χ0) is 21.8. The summed E-state index contributed by atoms with van der Waals surface area (Å²) in [4.78, 5) is 14.2. The van der Waals surface area contributed by atoms with E-state index in [2.05, 4.69) is 5.32 Å². The fourth-order valence-corrected chi connectivity index (χ4v) is 3.02. The lowest BCUT2D eigenvalue weighted by molar-refractivity contribution is -0.115. The third-order valence-electron chi connectivity index (χ3n) is 4.27. The molecular formula is C23H28N2O4S. The summed E-state index contributed by atoms with van der Waals surface area (Å²) in [6.07, 6.45) is 4.55. The molecule has 6 nitrogen and oxygen atoms in total. The standard InChI is InChI=1S/C23H28N2O4S/c1-3-29-21-13-9-19(10-14-21)25(16-4-5-17-26)23(30)24-22(27)15-8-18-6-11-20(28-2)12-7-18/h6-15,26H,3-5,16-17H2,1-2H3,(H,24,27,30). The van der Waals surface area contributed by atoms with Crippen molar-refractivity contribution in [3.05, 3.63) is 60.2 Å². The van der Waals surface area contributed by atoms with Gasteiger partial charge >= 0.3 is 0 Å². The van der Waals surface area contributed by atoms with Crippen molar-refractivity contribution >= 4 is 35.0 Å². The highest BCUT2D eigenvalue weighted by Gasteiger charge is 2.14. The Balaban J connectivity index is 2.04. The molecule has 0 spiro atoms. The van der Waals surface area contributed by atoms with Gasteiger partial charge in [-0.2, -0.15) is 0 Å². The van der Waals surface area contributed by atoms with Gasteiger partial charge in [-0.3, -0.25) is 10.1 Å². The Morgan fingerprint density at radius 3 is 2.37 bits per heavy atom. The van der Waals surface area contributed by atoms with E-state index in [1.54, 1.807) is 13.2 Å². The largest absolute Gasteiger partial charge is 0.497 e. The number of unbranched alkanes of at least 4 members (excludes halogenated alkanes) is 1. The Morgan fingerprint density at radius 2 is 1.77 bits per heavy atom. The van der Waals surface area contributed by atoms with Crippen LogP contribution in [-0.2, 0) is 4.79 Å². The molecule has 0 aromatic heterocycles. The lowest BCUT2D eigenvalue weighted by Crippen LogP contribution is -2.42. The average molecular weight is 429 g/mol. The van der Waals surface area contributed by atoms with Crippen molar-refractivity contribution in [3.63, 3.8) is 0 Å². The van der Waals surface area contributed by atoms with E-state index >= 15 is 0 Å². The van der Waals surface area contributed by atoms with E-state index in [9.17, 15) is 4.79 Å². The van der Waals surface area contributed by atoms with Crippen LogP contribution in [0, 0.1) is 0 Å². The molecule has 1 amide bonds. The number of aliphatic hydroxyl groups is 1. The predicted octanol–water partition coefficient (Wildman–Crippen LogP) is 3.79. The van der Waals surface area contributed by atoms with Crippen molar-refractivity contribution in [3.8, 4) is 11.5 Å². The monoisotopic (exact) mass is 428 g/mol. The summed E-state index contributed by atoms with van der Waals surface area (Å²) in [6, 6.07) is 14.9. The fourth-order valence-electron chi connectivity index (χ4n) is 2.72. The fraction of sp³-hybridized carbons (Fsp3) is 0.304. The van der Waals surface area contributed by atoms with Crippen molar-refractivity contribution in [1.82, 2.24) is 5.32 Å². The number of benzene rings is 2. The molecule has 0 unspecified atom stereocenters. The van der Waals surface area contributed by atoms with Gasteiger partial charge in [-0.1, -0.05) is 12.1 Å². The molecule has 2 rings (SSSR count). The van der Waals surface area contributed by atoms with Crippen LogP contribution in [0.3, 0.4) is 0 Å². The zero-order valence-electron chi connectivity index (χ0n) is 17.3. The van der Waals surface area contributed by atoms with Crippen LogP contribution >= 0.6 is 12.2 Å². The van der Waals surface area contributed by atoms with E-state index in [0.717, 1.165) is 29.2 Å². The van der Waals surface area contributed by atoms with Crippen molar-refractivity contribution in [1.29, 1.82) is 0 Å². The molecule has 2 aromatic carbocycles. The maximum absolute atomic E-state index is 12.4. The predicted molar refractivity (Wildman–Crippen MR) is 124 cm³/mol. The van der Waals surface area contributed by atoms with Gasteiger partial charge in [0.2, 0.25) is 5.91 Å². The normalized spacial score (nSPS) is 10.6. The van der Waals surface area contributed by atoms with E-state index < -0.39 is 0 Å². The molecule has 0 saturated carbocycles. The van der Waals surface area contributed by atoms with Crippen molar-refractivity contribution in [2.75, 3.05) is 31.8 Å². The number of nitrogens with one attached hydrogen (secondary N) is 1. The molecule has 2 N–H and O–H groups in total. The molecule has 7 heteroatoms. The van der Waals surface area contributed by atoms with Crippen LogP contribution in [0.4, 0.5) is 5.69 Å². The van der Waals surface area contributed by atoms with Crippen LogP contribution in [0.25, 0.3) is 6.08 Å². The molecule has 0 heterocycles. The summed E-state index contributed by atoms with van der Waals surface area (Å²) in [5, 5.41) is 12.1. The summed E-state index contributed by atoms with van der Waals surface area (Å²) in [7, 11) is 1.61. The Kier molecular flexibility index (Phi) is 9.83. The summed E-state index contributed by atoms with van der Waals surface area (Å²) >= 11 is 5.48. The molecule has 0 bridgehead atoms. The topological polar surface area (TPSA) is 71.0 Å². The number of carbonyl (C=O) groups excluding carboxylic acids is 1. The second kappa shape index (κ2) is 12.6. The number of methoxy groups -OCH3 is 1. The molecule has 30 heavy (non-hydrogen) atoms. The number of rotatable bonds is 10. The van der Waals surface area contributed by atoms with E-state index in [1.807, 2.05) is 60.4 Å². The van der Waals surface area contributed by atoms with E-state index in [1.165, 1.54) is 6.08 Å². The maximum atomic E-state index is 12.4. The van der Waals surface area contributed by atoms with Gasteiger partial charge in [0, 0.05) is 24.9 Å². The smallest absolute Gasteiger partial charge is 0.250 e. The minimum absolute atomic E-state index is 0.112. The number of hydrogen-bond donors (Lipinski definition) is 2. The Morgan fingerprint density at radius 1 is 1.10 bits per heavy atom. The van der Waals surface area contributed by atoms with Crippen LogP contribution in [0.1, 0.15) is 25.3 Å². The average Bonchev–Trinajstić information content (AvgIpc) is 2.76. The minimum Gasteiger partial charge on any atom is -0.497 e. The highest BCUT2D eigenvalue weighted by atomic mass is 32.1. The van der Waals surface area contributed by atoms with Gasteiger partial charge in [0.05, 0.1) is 13.7 Å². The van der Waals surface area contributed by atoms with E-state index in [-0.39, 0.29) is 12.5 Å². The first-order valence-corrected chi connectivity index (χ1v) is 10.3. The number of thiocarbonyl (C=S) groups is 1. The molecule has 0 saturated heterocycles. The van der Waals surface area contributed by atoms with Gasteiger partial charge in [-0.25, -0.2) is 0 Å². The molecule has 0 radical (unpaired) electrons. The minimum atomic E-state index is -0.311. The molecule has 0 aliphatic rings. The number of amides is 1.